The summed E-state index contributed by atoms with van der Waals surface area (Å²) < 4.78 is 45.1. The summed E-state index contributed by atoms with van der Waals surface area (Å²) in [7, 11) is 0. The highest BCUT2D eigenvalue weighted by atomic mass is 127. The predicted molar refractivity (Wildman–Crippen MR) is 247 cm³/mol. The van der Waals surface area contributed by atoms with Gasteiger partial charge in [-0.2, -0.15) is 4.39 Å². The van der Waals surface area contributed by atoms with E-state index in [1.807, 2.05) is 52.5 Å². The minimum absolute atomic E-state index is 0.0692. The fraction of sp³-hybridized carbons (Fsp3) is 0.239. The van der Waals surface area contributed by atoms with Gasteiger partial charge in [-0.25, -0.2) is 49.2 Å². The third-order valence-corrected chi connectivity index (χ3v) is 12.0. The Bertz CT molecular complexity index is 3130. The highest BCUT2D eigenvalue weighted by molar-refractivity contribution is 14.1. The van der Waals surface area contributed by atoms with E-state index in [0.717, 1.165) is 88.5 Å². The summed E-state index contributed by atoms with van der Waals surface area (Å²) in [5, 5.41) is 8.50. The van der Waals surface area contributed by atoms with Crippen LogP contribution in [0.25, 0.3) is 55.6 Å². The average molecular weight is 972 g/mol. The number of rotatable bonds is 8. The molecule has 64 heavy (non-hydrogen) atoms. The standard InChI is InChI=1S/C31H26FIN8O.C15H14FN5O/c1-18-7-9-21-20(11-13-35-29(21)39-24-10-8-19(33)15-23(24)32)26(18)40-30-22(5-4-12-34-30)27-28-31(37-16-36-27)41(17-38-28)25-6-2-3-14-42-25;16-14-10(4-3-6-17-14)12-13-15(19-8-18-12)21(9-20-13)11-5-1-2-7-22-11/h4-5,7-13,15-17,25H,2-3,6,14H2,1H3,(H,34,40)(H,35,39);3-4,6,8-9,11H,1-2,5,7H2. The van der Waals surface area contributed by atoms with Crippen LogP contribution in [0.4, 0.5) is 31.8 Å². The SMILES string of the molecule is Cc1ccc2c(Nc3ccc(I)cc3F)nccc2c1Nc1ncccc1-c1ncnc2c1ncn2C1CCCCO1.Fc1ncccc1-c1ncnc2c1ncn2C1CCCCO1. The summed E-state index contributed by atoms with van der Waals surface area (Å²) in [6, 6.07) is 18.2. The van der Waals surface area contributed by atoms with E-state index in [2.05, 4.69) is 68.1 Å². The number of pyridine rings is 3. The number of imidazole rings is 2. The van der Waals surface area contributed by atoms with E-state index in [9.17, 15) is 8.78 Å². The van der Waals surface area contributed by atoms with Gasteiger partial charge in [0.05, 0.1) is 29.6 Å². The number of hydrogen-bond acceptors (Lipinski definition) is 13. The van der Waals surface area contributed by atoms with Gasteiger partial charge in [0.2, 0.25) is 5.95 Å². The van der Waals surface area contributed by atoms with Crippen molar-refractivity contribution in [1.82, 2.24) is 54.0 Å². The largest absolute Gasteiger partial charge is 0.358 e. The Morgan fingerprint density at radius 1 is 0.625 bits per heavy atom. The van der Waals surface area contributed by atoms with Gasteiger partial charge in [0, 0.05) is 51.7 Å². The molecular formula is C46H40F2IN13O2. The van der Waals surface area contributed by atoms with Crippen LogP contribution >= 0.6 is 22.6 Å². The number of hydrogen-bond donors (Lipinski definition) is 2. The highest BCUT2D eigenvalue weighted by Gasteiger charge is 2.24. The first-order chi connectivity index (χ1) is 31.4. The van der Waals surface area contributed by atoms with Crippen LogP contribution in [0.15, 0.2) is 105 Å². The summed E-state index contributed by atoms with van der Waals surface area (Å²) in [4.78, 5) is 39.6. The molecule has 0 spiro atoms. The molecule has 2 fully saturated rings. The molecule has 2 unspecified atom stereocenters. The normalized spacial score (nSPS) is 16.4. The summed E-state index contributed by atoms with van der Waals surface area (Å²) in [6.45, 7) is 3.50. The quantitative estimate of drug-likeness (QED) is 0.109. The molecule has 9 heterocycles. The first kappa shape index (κ1) is 41.4. The fourth-order valence-electron chi connectivity index (χ4n) is 8.13. The maximum absolute atomic E-state index is 14.7. The molecule has 0 radical (unpaired) electrons. The highest BCUT2D eigenvalue weighted by Crippen LogP contribution is 2.38. The van der Waals surface area contributed by atoms with Crippen molar-refractivity contribution < 1.29 is 18.3 Å². The zero-order valence-electron chi connectivity index (χ0n) is 34.5. The Labute approximate surface area is 379 Å². The van der Waals surface area contributed by atoms with E-state index in [1.165, 1.54) is 18.6 Å². The molecule has 0 bridgehead atoms. The molecule has 18 heteroatoms. The summed E-state index contributed by atoms with van der Waals surface area (Å²) >= 11 is 2.09. The number of anilines is 4. The maximum Gasteiger partial charge on any atom is 0.222 e. The zero-order valence-corrected chi connectivity index (χ0v) is 36.7. The fourth-order valence-corrected chi connectivity index (χ4v) is 8.58. The number of nitrogens with zero attached hydrogens (tertiary/aromatic N) is 11. The van der Waals surface area contributed by atoms with E-state index >= 15 is 0 Å². The van der Waals surface area contributed by atoms with Crippen molar-refractivity contribution in [3.05, 3.63) is 125 Å². The lowest BCUT2D eigenvalue weighted by atomic mass is 10.0. The summed E-state index contributed by atoms with van der Waals surface area (Å²) in [5.74, 6) is 0.292. The van der Waals surface area contributed by atoms with E-state index in [0.29, 0.717) is 51.0 Å². The third kappa shape index (κ3) is 8.19. The predicted octanol–water partition coefficient (Wildman–Crippen LogP) is 10.4. The van der Waals surface area contributed by atoms with Crippen molar-refractivity contribution in [2.24, 2.45) is 0 Å². The van der Waals surface area contributed by atoms with Gasteiger partial charge in [-0.3, -0.25) is 9.13 Å². The number of halogens is 3. The third-order valence-electron chi connectivity index (χ3n) is 11.3. The average Bonchev–Trinajstić information content (AvgIpc) is 3.98. The zero-order chi connectivity index (χ0) is 43.6. The molecule has 2 aromatic carbocycles. The second-order valence-corrected chi connectivity index (χ2v) is 16.6. The number of aryl methyl sites for hydroxylation is 1. The topological polar surface area (TPSA) is 168 Å². The van der Waals surface area contributed by atoms with Crippen LogP contribution < -0.4 is 10.6 Å². The molecule has 0 saturated carbocycles. The Kier molecular flexibility index (Phi) is 11.8. The number of aromatic nitrogens is 11. The Morgan fingerprint density at radius 2 is 1.27 bits per heavy atom. The second kappa shape index (κ2) is 18.2. The van der Waals surface area contributed by atoms with Crippen LogP contribution in [-0.2, 0) is 9.47 Å². The minimum atomic E-state index is -0.564. The van der Waals surface area contributed by atoms with E-state index in [-0.39, 0.29) is 18.3 Å². The van der Waals surface area contributed by atoms with E-state index in [4.69, 9.17) is 19.4 Å². The number of benzene rings is 2. The molecule has 11 rings (SSSR count). The molecule has 2 atom stereocenters. The number of ether oxygens (including phenoxy) is 2. The molecular weight excluding hydrogens is 931 g/mol. The van der Waals surface area contributed by atoms with Gasteiger partial charge in [-0.05, 0) is 122 Å². The summed E-state index contributed by atoms with van der Waals surface area (Å²) in [5.41, 5.74) is 7.13. The Morgan fingerprint density at radius 3 is 1.91 bits per heavy atom. The molecule has 7 aromatic heterocycles. The molecule has 0 amide bonds. The second-order valence-electron chi connectivity index (χ2n) is 15.4. The van der Waals surface area contributed by atoms with Crippen LogP contribution in [0.1, 0.15) is 56.5 Å². The van der Waals surface area contributed by atoms with Crippen LogP contribution in [-0.4, -0.2) is 67.2 Å². The van der Waals surface area contributed by atoms with E-state index < -0.39 is 5.95 Å². The van der Waals surface area contributed by atoms with Gasteiger partial charge in [0.25, 0.3) is 0 Å². The van der Waals surface area contributed by atoms with Crippen LogP contribution in [0.5, 0.6) is 0 Å². The Hall–Kier alpha value is -6.64. The van der Waals surface area contributed by atoms with Crippen molar-refractivity contribution in [2.45, 2.75) is 57.9 Å². The molecule has 15 nitrogen and oxygen atoms in total. The lowest BCUT2D eigenvalue weighted by Gasteiger charge is -2.23. The molecule has 322 valence electrons. The lowest BCUT2D eigenvalue weighted by Crippen LogP contribution is -2.17. The van der Waals surface area contributed by atoms with Crippen molar-refractivity contribution in [1.29, 1.82) is 0 Å². The lowest BCUT2D eigenvalue weighted by molar-refractivity contribution is -0.0299. The Balaban J connectivity index is 0.000000184. The van der Waals surface area contributed by atoms with E-state index in [1.54, 1.807) is 49.6 Å². The number of fused-ring (bicyclic) bond motifs is 3. The first-order valence-electron chi connectivity index (χ1n) is 20.9. The molecule has 0 aliphatic carbocycles. The van der Waals surface area contributed by atoms with Crippen molar-refractivity contribution in [3.8, 4) is 22.5 Å². The van der Waals surface area contributed by atoms with Crippen molar-refractivity contribution >= 4 is 78.7 Å². The van der Waals surface area contributed by atoms with Crippen molar-refractivity contribution in [3.63, 3.8) is 0 Å². The van der Waals surface area contributed by atoms with Crippen LogP contribution in [0.3, 0.4) is 0 Å². The molecule has 9 aromatic rings. The smallest absolute Gasteiger partial charge is 0.222 e. The first-order valence-corrected chi connectivity index (χ1v) is 22.0. The molecule has 2 aliphatic heterocycles. The molecule has 2 saturated heterocycles. The van der Waals surface area contributed by atoms with Crippen molar-refractivity contribution in [2.75, 3.05) is 23.8 Å². The van der Waals surface area contributed by atoms with Gasteiger partial charge in [0.1, 0.15) is 65.0 Å². The van der Waals surface area contributed by atoms with Gasteiger partial charge in [-0.1, -0.05) is 12.1 Å². The van der Waals surface area contributed by atoms with Gasteiger partial charge in [-0.15, -0.1) is 0 Å². The minimum Gasteiger partial charge on any atom is -0.358 e. The van der Waals surface area contributed by atoms with Crippen LogP contribution in [0.2, 0.25) is 0 Å². The summed E-state index contributed by atoms with van der Waals surface area (Å²) in [6.07, 6.45) is 17.4. The molecule has 2 N–H and O–H groups in total. The van der Waals surface area contributed by atoms with Crippen LogP contribution in [0, 0.1) is 22.3 Å². The van der Waals surface area contributed by atoms with Gasteiger partial charge >= 0.3 is 0 Å². The van der Waals surface area contributed by atoms with Gasteiger partial charge < -0.3 is 20.1 Å². The number of nitrogens with one attached hydrogen (secondary N) is 2. The molecule has 2 aliphatic rings. The van der Waals surface area contributed by atoms with Gasteiger partial charge in [0.15, 0.2) is 11.3 Å². The maximum atomic E-state index is 14.7. The monoisotopic (exact) mass is 971 g/mol.